The molecule has 1 saturated carbocycles. The Morgan fingerprint density at radius 2 is 2.12 bits per heavy atom. The van der Waals surface area contributed by atoms with E-state index in [9.17, 15) is 5.11 Å². The molecule has 0 spiro atoms. The summed E-state index contributed by atoms with van der Waals surface area (Å²) in [6.07, 6.45) is 3.62. The summed E-state index contributed by atoms with van der Waals surface area (Å²) in [6.45, 7) is 4.26. The molecule has 3 heteroatoms. The van der Waals surface area contributed by atoms with Gasteiger partial charge in [-0.15, -0.1) is 0 Å². The third kappa shape index (κ3) is 1.57. The van der Waals surface area contributed by atoms with Crippen molar-refractivity contribution in [2.75, 3.05) is 0 Å². The van der Waals surface area contributed by atoms with Crippen LogP contribution in [0.5, 0.6) is 0 Å². The van der Waals surface area contributed by atoms with Gasteiger partial charge >= 0.3 is 0 Å². The molecule has 2 atom stereocenters. The standard InChI is InChI=1S/C14H18N2O/c1-14(2)8-7-12(13(14)17)16-11-6-4-3-5-10(11)9-15-16/h3-6,9,12-13,17H,7-8H2,1-2H3. The lowest BCUT2D eigenvalue weighted by Gasteiger charge is -2.25. The van der Waals surface area contributed by atoms with Crippen LogP contribution in [0.3, 0.4) is 0 Å². The van der Waals surface area contributed by atoms with Crippen molar-refractivity contribution in [3.05, 3.63) is 30.5 Å². The Balaban J connectivity index is 2.05. The molecule has 0 saturated heterocycles. The summed E-state index contributed by atoms with van der Waals surface area (Å²) in [4.78, 5) is 0. The second-order valence-corrected chi connectivity index (χ2v) is 5.69. The molecule has 1 aromatic heterocycles. The van der Waals surface area contributed by atoms with Gasteiger partial charge in [-0.05, 0) is 24.3 Å². The largest absolute Gasteiger partial charge is 0.390 e. The number of aliphatic hydroxyl groups excluding tert-OH is 1. The van der Waals surface area contributed by atoms with Gasteiger partial charge in [-0.1, -0.05) is 32.0 Å². The minimum Gasteiger partial charge on any atom is -0.390 e. The lowest BCUT2D eigenvalue weighted by Crippen LogP contribution is -2.30. The third-order valence-corrected chi connectivity index (χ3v) is 4.07. The molecule has 0 radical (unpaired) electrons. The van der Waals surface area contributed by atoms with Gasteiger partial charge in [0.25, 0.3) is 0 Å². The smallest absolute Gasteiger partial charge is 0.0815 e. The molecular formula is C14H18N2O. The number of rotatable bonds is 1. The Bertz CT molecular complexity index is 544. The Hall–Kier alpha value is -1.35. The SMILES string of the molecule is CC1(C)CCC(n2ncc3ccccc32)C1O. The third-order valence-electron chi connectivity index (χ3n) is 4.07. The van der Waals surface area contributed by atoms with E-state index in [2.05, 4.69) is 31.1 Å². The van der Waals surface area contributed by atoms with Crippen molar-refractivity contribution in [1.82, 2.24) is 9.78 Å². The molecule has 1 heterocycles. The highest BCUT2D eigenvalue weighted by molar-refractivity contribution is 5.78. The predicted octanol–water partition coefficient (Wildman–Crippen LogP) is 2.76. The number of fused-ring (bicyclic) bond motifs is 1. The topological polar surface area (TPSA) is 38.0 Å². The number of benzene rings is 1. The van der Waals surface area contributed by atoms with E-state index in [1.165, 1.54) is 0 Å². The summed E-state index contributed by atoms with van der Waals surface area (Å²) < 4.78 is 1.99. The molecule has 0 bridgehead atoms. The highest BCUT2D eigenvalue weighted by Crippen LogP contribution is 2.44. The highest BCUT2D eigenvalue weighted by Gasteiger charge is 2.42. The van der Waals surface area contributed by atoms with E-state index >= 15 is 0 Å². The summed E-state index contributed by atoms with van der Waals surface area (Å²) in [5.74, 6) is 0. The highest BCUT2D eigenvalue weighted by atomic mass is 16.3. The van der Waals surface area contributed by atoms with Crippen molar-refractivity contribution >= 4 is 10.9 Å². The van der Waals surface area contributed by atoms with E-state index in [1.807, 2.05) is 23.0 Å². The zero-order chi connectivity index (χ0) is 12.0. The van der Waals surface area contributed by atoms with Crippen LogP contribution in [0, 0.1) is 5.41 Å². The lowest BCUT2D eigenvalue weighted by atomic mass is 9.89. The van der Waals surface area contributed by atoms with Gasteiger partial charge < -0.3 is 5.11 Å². The first-order chi connectivity index (χ1) is 8.09. The van der Waals surface area contributed by atoms with E-state index in [4.69, 9.17) is 0 Å². The maximum absolute atomic E-state index is 10.4. The number of aromatic nitrogens is 2. The van der Waals surface area contributed by atoms with Crippen molar-refractivity contribution in [1.29, 1.82) is 0 Å². The van der Waals surface area contributed by atoms with Crippen LogP contribution < -0.4 is 0 Å². The molecule has 0 aliphatic heterocycles. The van der Waals surface area contributed by atoms with E-state index in [1.54, 1.807) is 0 Å². The maximum Gasteiger partial charge on any atom is 0.0815 e. The van der Waals surface area contributed by atoms with E-state index in [0.717, 1.165) is 23.7 Å². The normalized spacial score (nSPS) is 27.7. The Kier molecular flexibility index (Phi) is 2.26. The second-order valence-electron chi connectivity index (χ2n) is 5.69. The fourth-order valence-electron chi connectivity index (χ4n) is 2.86. The summed E-state index contributed by atoms with van der Waals surface area (Å²) in [5.41, 5.74) is 1.12. The number of para-hydroxylation sites is 1. The Morgan fingerprint density at radius 3 is 2.82 bits per heavy atom. The lowest BCUT2D eigenvalue weighted by molar-refractivity contribution is 0.0476. The monoisotopic (exact) mass is 230 g/mol. The van der Waals surface area contributed by atoms with Crippen LogP contribution >= 0.6 is 0 Å². The van der Waals surface area contributed by atoms with Crippen molar-refractivity contribution in [3.63, 3.8) is 0 Å². The van der Waals surface area contributed by atoms with Crippen LogP contribution in [0.4, 0.5) is 0 Å². The van der Waals surface area contributed by atoms with Gasteiger partial charge in [0.1, 0.15) is 0 Å². The molecule has 0 amide bonds. The average molecular weight is 230 g/mol. The molecule has 3 nitrogen and oxygen atoms in total. The molecule has 1 aliphatic rings. The number of aliphatic hydroxyl groups is 1. The van der Waals surface area contributed by atoms with E-state index in [-0.39, 0.29) is 17.6 Å². The summed E-state index contributed by atoms with van der Waals surface area (Å²) in [7, 11) is 0. The Labute approximate surface area is 101 Å². The van der Waals surface area contributed by atoms with Crippen molar-refractivity contribution in [2.45, 2.75) is 38.8 Å². The van der Waals surface area contributed by atoms with Crippen LogP contribution in [0.15, 0.2) is 30.5 Å². The summed E-state index contributed by atoms with van der Waals surface area (Å²) >= 11 is 0. The van der Waals surface area contributed by atoms with Crippen LogP contribution in [0.1, 0.15) is 32.7 Å². The van der Waals surface area contributed by atoms with E-state index in [0.29, 0.717) is 0 Å². The van der Waals surface area contributed by atoms with Gasteiger partial charge in [-0.2, -0.15) is 5.10 Å². The molecule has 17 heavy (non-hydrogen) atoms. The zero-order valence-electron chi connectivity index (χ0n) is 10.3. The van der Waals surface area contributed by atoms with Crippen molar-refractivity contribution in [2.24, 2.45) is 5.41 Å². The first-order valence-corrected chi connectivity index (χ1v) is 6.20. The van der Waals surface area contributed by atoms with E-state index < -0.39 is 0 Å². The Morgan fingerprint density at radius 1 is 1.35 bits per heavy atom. The fraction of sp³-hybridized carbons (Fsp3) is 0.500. The van der Waals surface area contributed by atoms with Crippen molar-refractivity contribution in [3.8, 4) is 0 Å². The number of hydrogen-bond acceptors (Lipinski definition) is 2. The van der Waals surface area contributed by atoms with Crippen LogP contribution in [0.25, 0.3) is 10.9 Å². The van der Waals surface area contributed by atoms with Gasteiger partial charge in [-0.25, -0.2) is 0 Å². The zero-order valence-corrected chi connectivity index (χ0v) is 10.3. The molecule has 1 aliphatic carbocycles. The molecule has 1 fully saturated rings. The minimum atomic E-state index is -0.314. The quantitative estimate of drug-likeness (QED) is 0.818. The van der Waals surface area contributed by atoms with Crippen LogP contribution in [0.2, 0.25) is 0 Å². The molecule has 90 valence electrons. The first kappa shape index (κ1) is 10.8. The summed E-state index contributed by atoms with van der Waals surface area (Å²) in [5, 5.41) is 16.0. The molecular weight excluding hydrogens is 212 g/mol. The van der Waals surface area contributed by atoms with Gasteiger partial charge in [0.15, 0.2) is 0 Å². The number of hydrogen-bond donors (Lipinski definition) is 1. The first-order valence-electron chi connectivity index (χ1n) is 6.20. The van der Waals surface area contributed by atoms with Gasteiger partial charge in [0, 0.05) is 5.39 Å². The average Bonchev–Trinajstić information content (AvgIpc) is 2.83. The van der Waals surface area contributed by atoms with Gasteiger partial charge in [-0.3, -0.25) is 4.68 Å². The van der Waals surface area contributed by atoms with Gasteiger partial charge in [0.05, 0.1) is 23.9 Å². The summed E-state index contributed by atoms with van der Waals surface area (Å²) in [6, 6.07) is 8.28. The molecule has 3 rings (SSSR count). The molecule has 2 unspecified atom stereocenters. The van der Waals surface area contributed by atoms with Crippen molar-refractivity contribution < 1.29 is 5.11 Å². The maximum atomic E-state index is 10.4. The van der Waals surface area contributed by atoms with Crippen LogP contribution in [-0.2, 0) is 0 Å². The minimum absolute atomic E-state index is 0.00226. The molecule has 1 aromatic carbocycles. The molecule has 2 aromatic rings. The number of nitrogens with zero attached hydrogens (tertiary/aromatic N) is 2. The fourth-order valence-corrected chi connectivity index (χ4v) is 2.86. The second kappa shape index (κ2) is 3.57. The van der Waals surface area contributed by atoms with Crippen LogP contribution in [-0.4, -0.2) is 21.0 Å². The van der Waals surface area contributed by atoms with Gasteiger partial charge in [0.2, 0.25) is 0 Å². The molecule has 1 N–H and O–H groups in total. The predicted molar refractivity (Wildman–Crippen MR) is 67.8 cm³/mol.